The molecule has 6 nitrogen and oxygen atoms in total. The van der Waals surface area contributed by atoms with Gasteiger partial charge in [0.15, 0.2) is 0 Å². The summed E-state index contributed by atoms with van der Waals surface area (Å²) >= 11 is 0. The van der Waals surface area contributed by atoms with Crippen LogP contribution in [-0.4, -0.2) is 40.5 Å². The first kappa shape index (κ1) is 17.4. The number of carbonyl (C=O) groups is 1. The molecule has 1 fully saturated rings. The first-order chi connectivity index (χ1) is 12.2. The van der Waals surface area contributed by atoms with Gasteiger partial charge in [0.1, 0.15) is 5.82 Å². The summed E-state index contributed by atoms with van der Waals surface area (Å²) in [4.78, 5) is 22.8. The molecule has 0 saturated carbocycles. The van der Waals surface area contributed by atoms with Crippen molar-refractivity contribution in [2.24, 2.45) is 5.92 Å². The van der Waals surface area contributed by atoms with Crippen molar-refractivity contribution in [1.29, 1.82) is 0 Å². The zero-order valence-electron chi connectivity index (χ0n) is 14.6. The average molecular weight is 339 g/mol. The van der Waals surface area contributed by atoms with Crippen LogP contribution >= 0.6 is 0 Å². The van der Waals surface area contributed by atoms with Crippen LogP contribution in [0.25, 0.3) is 0 Å². The number of benzene rings is 1. The van der Waals surface area contributed by atoms with Gasteiger partial charge in [-0.3, -0.25) is 4.90 Å². The molecule has 25 heavy (non-hydrogen) atoms. The van der Waals surface area contributed by atoms with Gasteiger partial charge >= 0.3 is 6.03 Å². The van der Waals surface area contributed by atoms with Gasteiger partial charge in [-0.15, -0.1) is 0 Å². The van der Waals surface area contributed by atoms with Crippen molar-refractivity contribution in [3.05, 3.63) is 54.1 Å². The molecule has 1 aromatic heterocycles. The van der Waals surface area contributed by atoms with Gasteiger partial charge < -0.3 is 10.6 Å². The van der Waals surface area contributed by atoms with E-state index in [-0.39, 0.29) is 6.03 Å². The maximum absolute atomic E-state index is 12.0. The minimum atomic E-state index is -0.200. The Morgan fingerprint density at radius 3 is 2.72 bits per heavy atom. The molecular weight excluding hydrogens is 314 g/mol. The summed E-state index contributed by atoms with van der Waals surface area (Å²) in [5.41, 5.74) is 1.95. The summed E-state index contributed by atoms with van der Waals surface area (Å²) in [6, 6.07) is 10.3. The second kappa shape index (κ2) is 8.58. The highest BCUT2D eigenvalue weighted by Gasteiger charge is 2.22. The molecule has 3 rings (SSSR count). The lowest BCUT2D eigenvalue weighted by Crippen LogP contribution is -2.34. The molecule has 2 heterocycles. The lowest BCUT2D eigenvalue weighted by molar-refractivity contribution is 0.249. The van der Waals surface area contributed by atoms with E-state index in [9.17, 15) is 4.79 Å². The lowest BCUT2D eigenvalue weighted by atomic mass is 10.1. The molecule has 1 atom stereocenters. The van der Waals surface area contributed by atoms with Crippen LogP contribution in [-0.2, 0) is 13.0 Å². The van der Waals surface area contributed by atoms with Crippen LogP contribution < -0.4 is 10.6 Å². The number of amides is 2. The Bertz CT molecular complexity index is 674. The fraction of sp³-hybridized carbons (Fsp3) is 0.421. The van der Waals surface area contributed by atoms with Gasteiger partial charge in [0.25, 0.3) is 0 Å². The Balaban J connectivity index is 1.39. The second-order valence-electron chi connectivity index (χ2n) is 6.45. The van der Waals surface area contributed by atoms with Crippen LogP contribution in [0.1, 0.15) is 24.7 Å². The number of hydrogen-bond donors (Lipinski definition) is 2. The van der Waals surface area contributed by atoms with Gasteiger partial charge in [-0.2, -0.15) is 0 Å². The molecule has 0 radical (unpaired) electrons. The number of aryl methyl sites for hydroxylation is 1. The van der Waals surface area contributed by atoms with Gasteiger partial charge in [-0.1, -0.05) is 37.3 Å². The Kier molecular flexibility index (Phi) is 5.95. The molecule has 0 spiro atoms. The topological polar surface area (TPSA) is 70.2 Å². The second-order valence-corrected chi connectivity index (χ2v) is 6.45. The van der Waals surface area contributed by atoms with Crippen LogP contribution in [0.5, 0.6) is 0 Å². The first-order valence-corrected chi connectivity index (χ1v) is 8.85. The third-order valence-corrected chi connectivity index (χ3v) is 4.45. The van der Waals surface area contributed by atoms with Crippen molar-refractivity contribution in [2.75, 3.05) is 25.0 Å². The highest BCUT2D eigenvalue weighted by Crippen LogP contribution is 2.18. The van der Waals surface area contributed by atoms with E-state index in [4.69, 9.17) is 0 Å². The molecule has 2 N–H and O–H groups in total. The summed E-state index contributed by atoms with van der Waals surface area (Å²) < 4.78 is 0. The molecule has 0 unspecified atom stereocenters. The minimum Gasteiger partial charge on any atom is -0.338 e. The van der Waals surface area contributed by atoms with Gasteiger partial charge in [-0.05, 0) is 24.4 Å². The van der Waals surface area contributed by atoms with Gasteiger partial charge in [0.2, 0.25) is 0 Å². The number of aromatic nitrogens is 2. The highest BCUT2D eigenvalue weighted by molar-refractivity contribution is 5.88. The number of urea groups is 1. The molecule has 1 aliphatic heterocycles. The maximum atomic E-state index is 12.0. The quantitative estimate of drug-likeness (QED) is 0.849. The molecule has 1 aromatic carbocycles. The monoisotopic (exact) mass is 339 g/mol. The van der Waals surface area contributed by atoms with Crippen LogP contribution in [0.2, 0.25) is 0 Å². The summed E-state index contributed by atoms with van der Waals surface area (Å²) in [7, 11) is 0. The molecule has 6 heteroatoms. The Hall–Kier alpha value is -2.47. The van der Waals surface area contributed by atoms with E-state index in [2.05, 4.69) is 49.8 Å². The number of anilines is 1. The van der Waals surface area contributed by atoms with Crippen LogP contribution in [0.3, 0.4) is 0 Å². The van der Waals surface area contributed by atoms with Gasteiger partial charge in [0, 0.05) is 26.1 Å². The van der Waals surface area contributed by atoms with E-state index in [0.717, 1.165) is 38.3 Å². The van der Waals surface area contributed by atoms with Gasteiger partial charge in [0.05, 0.1) is 18.1 Å². The van der Waals surface area contributed by atoms with Crippen molar-refractivity contribution >= 4 is 11.7 Å². The molecule has 0 bridgehead atoms. The predicted molar refractivity (Wildman–Crippen MR) is 98.3 cm³/mol. The standard InChI is InChI=1S/C19H25N5O/c1-2-18-20-11-17(12-21-18)23-19(25)22-10-16-8-9-24(14-16)13-15-6-4-3-5-7-15/h3-7,11-12,16H,2,8-10,13-14H2,1H3,(H2,22,23,25)/t16-/m0/s1. The predicted octanol–water partition coefficient (Wildman–Crippen LogP) is 2.68. The van der Waals surface area contributed by atoms with E-state index in [0.29, 0.717) is 18.2 Å². The summed E-state index contributed by atoms with van der Waals surface area (Å²) in [6.07, 6.45) is 5.18. The molecule has 0 aliphatic carbocycles. The highest BCUT2D eigenvalue weighted by atomic mass is 16.2. The first-order valence-electron chi connectivity index (χ1n) is 8.85. The SMILES string of the molecule is CCc1ncc(NC(=O)NC[C@@H]2CCN(Cc3ccccc3)C2)cn1. The minimum absolute atomic E-state index is 0.200. The fourth-order valence-corrected chi connectivity index (χ4v) is 3.08. The zero-order valence-corrected chi connectivity index (χ0v) is 14.6. The van der Waals surface area contributed by atoms with Gasteiger partial charge in [-0.25, -0.2) is 14.8 Å². The number of carbonyl (C=O) groups excluding carboxylic acids is 1. The number of hydrogen-bond acceptors (Lipinski definition) is 4. The Morgan fingerprint density at radius 1 is 1.24 bits per heavy atom. The van der Waals surface area contributed by atoms with Crippen molar-refractivity contribution in [1.82, 2.24) is 20.2 Å². The third-order valence-electron chi connectivity index (χ3n) is 4.45. The Morgan fingerprint density at radius 2 is 2.00 bits per heavy atom. The van der Waals surface area contributed by atoms with Crippen LogP contribution in [0.15, 0.2) is 42.7 Å². The number of nitrogens with one attached hydrogen (secondary N) is 2. The largest absolute Gasteiger partial charge is 0.338 e. The Labute approximate surface area is 148 Å². The number of likely N-dealkylation sites (tertiary alicyclic amines) is 1. The van der Waals surface area contributed by atoms with E-state index in [1.165, 1.54) is 5.56 Å². The lowest BCUT2D eigenvalue weighted by Gasteiger charge is -2.16. The van der Waals surface area contributed by atoms with E-state index in [1.807, 2.05) is 13.0 Å². The fourth-order valence-electron chi connectivity index (χ4n) is 3.08. The van der Waals surface area contributed by atoms with Crippen molar-refractivity contribution in [2.45, 2.75) is 26.3 Å². The zero-order chi connectivity index (χ0) is 17.5. The third kappa shape index (κ3) is 5.26. The van der Waals surface area contributed by atoms with E-state index in [1.54, 1.807) is 12.4 Å². The normalized spacial score (nSPS) is 17.4. The van der Waals surface area contributed by atoms with Crippen LogP contribution in [0.4, 0.5) is 10.5 Å². The average Bonchev–Trinajstić information content (AvgIpc) is 3.09. The van der Waals surface area contributed by atoms with Crippen LogP contribution in [0, 0.1) is 5.92 Å². The van der Waals surface area contributed by atoms with E-state index < -0.39 is 0 Å². The maximum Gasteiger partial charge on any atom is 0.319 e. The number of rotatable bonds is 6. The summed E-state index contributed by atoms with van der Waals surface area (Å²) in [6.45, 7) is 5.76. The summed E-state index contributed by atoms with van der Waals surface area (Å²) in [5, 5.41) is 5.73. The molecule has 132 valence electrons. The smallest absolute Gasteiger partial charge is 0.319 e. The molecule has 1 saturated heterocycles. The van der Waals surface area contributed by atoms with Crippen molar-refractivity contribution in [3.8, 4) is 0 Å². The summed E-state index contributed by atoms with van der Waals surface area (Å²) in [5.74, 6) is 1.27. The molecule has 2 aromatic rings. The van der Waals surface area contributed by atoms with Crippen molar-refractivity contribution in [3.63, 3.8) is 0 Å². The molecule has 2 amide bonds. The van der Waals surface area contributed by atoms with Crippen molar-refractivity contribution < 1.29 is 4.79 Å². The molecular formula is C19H25N5O. The molecule has 1 aliphatic rings. The van der Waals surface area contributed by atoms with E-state index >= 15 is 0 Å². The number of nitrogens with zero attached hydrogens (tertiary/aromatic N) is 3.